The maximum absolute atomic E-state index is 15.2. The van der Waals surface area contributed by atoms with Gasteiger partial charge in [0, 0.05) is 17.8 Å². The van der Waals surface area contributed by atoms with Crippen molar-refractivity contribution in [2.45, 2.75) is 36.6 Å². The molecule has 0 radical (unpaired) electrons. The fourth-order valence-electron chi connectivity index (χ4n) is 4.64. The topological polar surface area (TPSA) is 125 Å². The Labute approximate surface area is 195 Å². The number of rotatable bonds is 5. The van der Waals surface area contributed by atoms with E-state index < -0.39 is 16.8 Å². The van der Waals surface area contributed by atoms with Gasteiger partial charge in [-0.1, -0.05) is 25.0 Å². The van der Waals surface area contributed by atoms with E-state index in [1.165, 1.54) is 25.2 Å². The van der Waals surface area contributed by atoms with Crippen LogP contribution in [0.25, 0.3) is 33.2 Å². The first-order valence-corrected chi connectivity index (χ1v) is 12.1. The quantitative estimate of drug-likeness (QED) is 0.379. The summed E-state index contributed by atoms with van der Waals surface area (Å²) >= 11 is 0. The van der Waals surface area contributed by atoms with Gasteiger partial charge in [0.15, 0.2) is 16.5 Å². The number of hydrogen-bond acceptors (Lipinski definition) is 7. The van der Waals surface area contributed by atoms with Gasteiger partial charge in [-0.2, -0.15) is 0 Å². The van der Waals surface area contributed by atoms with Crippen molar-refractivity contribution in [2.24, 2.45) is 0 Å². The first kappa shape index (κ1) is 20.7. The second-order valence-electron chi connectivity index (χ2n) is 8.30. The molecule has 2 aromatic carbocycles. The summed E-state index contributed by atoms with van der Waals surface area (Å²) in [7, 11) is -1.77. The van der Waals surface area contributed by atoms with Gasteiger partial charge < -0.3 is 10.3 Å². The van der Waals surface area contributed by atoms with Crippen molar-refractivity contribution in [1.29, 1.82) is 0 Å². The zero-order valence-electron chi connectivity index (χ0n) is 17.9. The number of nitrogens with two attached hydrogens (primary N) is 1. The standard InChI is InChI=1S/C23H20FN7O2S/c24-16-10-13(8-9-17(16)30-34(32)19-7-3-6-18-21(19)29-33-28-18)15-11-31(14-4-1-2-5-14)23-20(15)22(25)26-12-27-23/h3,6-12,14,30H,1-2,4-5H2,(H2,25,26,27). The van der Waals surface area contributed by atoms with Crippen LogP contribution in [-0.4, -0.2) is 29.1 Å². The van der Waals surface area contributed by atoms with E-state index in [1.807, 2.05) is 6.20 Å². The van der Waals surface area contributed by atoms with Crippen LogP contribution in [0.3, 0.4) is 0 Å². The van der Waals surface area contributed by atoms with Crippen LogP contribution in [0.1, 0.15) is 31.7 Å². The molecule has 0 aliphatic heterocycles. The van der Waals surface area contributed by atoms with Crippen LogP contribution in [0.15, 0.2) is 58.4 Å². The van der Waals surface area contributed by atoms with Crippen molar-refractivity contribution >= 4 is 44.6 Å². The predicted octanol–water partition coefficient (Wildman–Crippen LogP) is 4.61. The molecule has 1 fully saturated rings. The maximum atomic E-state index is 15.2. The van der Waals surface area contributed by atoms with Crippen LogP contribution < -0.4 is 10.5 Å². The number of nitrogens with zero attached hydrogens (tertiary/aromatic N) is 5. The van der Waals surface area contributed by atoms with Gasteiger partial charge >= 0.3 is 0 Å². The van der Waals surface area contributed by atoms with Gasteiger partial charge in [-0.3, -0.25) is 4.72 Å². The number of hydrogen-bond donors (Lipinski definition) is 2. The van der Waals surface area contributed by atoms with Crippen LogP contribution in [-0.2, 0) is 11.0 Å². The van der Waals surface area contributed by atoms with E-state index in [2.05, 4.69) is 29.6 Å². The molecule has 1 aliphatic rings. The fourth-order valence-corrected chi connectivity index (χ4v) is 5.63. The highest BCUT2D eigenvalue weighted by molar-refractivity contribution is 7.86. The van der Waals surface area contributed by atoms with Gasteiger partial charge in [-0.05, 0) is 53.0 Å². The predicted molar refractivity (Wildman–Crippen MR) is 127 cm³/mol. The van der Waals surface area contributed by atoms with Crippen molar-refractivity contribution in [3.63, 3.8) is 0 Å². The molecule has 9 nitrogen and oxygen atoms in total. The van der Waals surface area contributed by atoms with Crippen LogP contribution in [0.2, 0.25) is 0 Å². The molecular weight excluding hydrogens is 457 g/mol. The van der Waals surface area contributed by atoms with E-state index >= 15 is 4.39 Å². The van der Waals surface area contributed by atoms with Crippen LogP contribution in [0.5, 0.6) is 0 Å². The molecule has 0 saturated heterocycles. The van der Waals surface area contributed by atoms with Crippen molar-refractivity contribution in [2.75, 3.05) is 10.5 Å². The Kier molecular flexibility index (Phi) is 4.98. The Hall–Kier alpha value is -3.86. The number of aromatic nitrogens is 5. The zero-order valence-corrected chi connectivity index (χ0v) is 18.8. The summed E-state index contributed by atoms with van der Waals surface area (Å²) in [5, 5.41) is 8.25. The molecule has 0 amide bonds. The number of fused-ring (bicyclic) bond motifs is 2. The number of nitrogen functional groups attached to an aromatic ring is 1. The van der Waals surface area contributed by atoms with Gasteiger partial charge in [-0.15, -0.1) is 0 Å². The highest BCUT2D eigenvalue weighted by Gasteiger charge is 2.23. The minimum Gasteiger partial charge on any atom is -0.383 e. The maximum Gasteiger partial charge on any atom is 0.153 e. The second kappa shape index (κ2) is 8.17. The van der Waals surface area contributed by atoms with Gasteiger partial charge in [0.2, 0.25) is 0 Å². The lowest BCUT2D eigenvalue weighted by Gasteiger charge is -2.12. The van der Waals surface area contributed by atoms with E-state index in [0.717, 1.165) is 24.1 Å². The lowest BCUT2D eigenvalue weighted by Crippen LogP contribution is -2.07. The van der Waals surface area contributed by atoms with Gasteiger partial charge in [0.05, 0.1) is 16.0 Å². The first-order valence-electron chi connectivity index (χ1n) is 10.9. The molecule has 3 heterocycles. The van der Waals surface area contributed by atoms with Gasteiger partial charge in [0.1, 0.15) is 29.1 Å². The molecule has 0 bridgehead atoms. The summed E-state index contributed by atoms with van der Waals surface area (Å²) in [5.74, 6) is -0.191. The summed E-state index contributed by atoms with van der Waals surface area (Å²) < 4.78 is 37.6. The Morgan fingerprint density at radius 2 is 2.00 bits per heavy atom. The third-order valence-corrected chi connectivity index (χ3v) is 7.42. The summed E-state index contributed by atoms with van der Waals surface area (Å²) in [4.78, 5) is 8.98. The zero-order chi connectivity index (χ0) is 23.2. The van der Waals surface area contributed by atoms with E-state index in [-0.39, 0.29) is 5.69 Å². The lowest BCUT2D eigenvalue weighted by atomic mass is 10.1. The molecule has 11 heteroatoms. The molecule has 6 rings (SSSR count). The molecule has 3 aromatic heterocycles. The van der Waals surface area contributed by atoms with Crippen molar-refractivity contribution in [3.8, 4) is 11.1 Å². The summed E-state index contributed by atoms with van der Waals surface area (Å²) in [6, 6.07) is 10.1. The van der Waals surface area contributed by atoms with Gasteiger partial charge in [-0.25, -0.2) is 23.2 Å². The summed E-state index contributed by atoms with van der Waals surface area (Å²) in [6.45, 7) is 0. The third kappa shape index (κ3) is 3.39. The highest BCUT2D eigenvalue weighted by Crippen LogP contribution is 2.39. The number of halogens is 1. The molecule has 172 valence electrons. The Bertz CT molecular complexity index is 1560. The van der Waals surface area contributed by atoms with E-state index in [1.54, 1.807) is 30.3 Å². The Morgan fingerprint density at radius 3 is 2.82 bits per heavy atom. The van der Waals surface area contributed by atoms with E-state index in [4.69, 9.17) is 10.4 Å². The molecule has 1 aliphatic carbocycles. The van der Waals surface area contributed by atoms with Crippen LogP contribution >= 0.6 is 0 Å². The first-order chi connectivity index (χ1) is 16.6. The third-order valence-electron chi connectivity index (χ3n) is 6.29. The Morgan fingerprint density at radius 1 is 1.15 bits per heavy atom. The number of anilines is 2. The van der Waals surface area contributed by atoms with Crippen molar-refractivity contribution in [1.82, 2.24) is 24.8 Å². The fraction of sp³-hybridized carbons (Fsp3) is 0.217. The second-order valence-corrected chi connectivity index (χ2v) is 9.48. The van der Waals surface area contributed by atoms with Crippen molar-refractivity contribution in [3.05, 3.63) is 54.7 Å². The van der Waals surface area contributed by atoms with Crippen LogP contribution in [0.4, 0.5) is 15.9 Å². The van der Waals surface area contributed by atoms with Crippen LogP contribution in [0, 0.1) is 5.82 Å². The monoisotopic (exact) mass is 477 g/mol. The molecule has 5 aromatic rings. The summed E-state index contributed by atoms with van der Waals surface area (Å²) in [5.41, 5.74) is 9.31. The van der Waals surface area contributed by atoms with Gasteiger partial charge in [0.25, 0.3) is 0 Å². The highest BCUT2D eigenvalue weighted by atomic mass is 32.2. The molecule has 1 unspecified atom stereocenters. The van der Waals surface area contributed by atoms with E-state index in [0.29, 0.717) is 38.7 Å². The molecule has 3 N–H and O–H groups in total. The molecule has 1 atom stereocenters. The average Bonchev–Trinajstić information content (AvgIpc) is 3.59. The minimum absolute atomic E-state index is 0.0966. The van der Waals surface area contributed by atoms with Crippen molar-refractivity contribution < 1.29 is 13.2 Å². The number of benzene rings is 2. The number of nitrogens with one attached hydrogen (secondary N) is 1. The normalized spacial score (nSPS) is 15.3. The summed E-state index contributed by atoms with van der Waals surface area (Å²) in [6.07, 6.45) is 7.94. The molecule has 1 saturated carbocycles. The Balaban J connectivity index is 1.36. The largest absolute Gasteiger partial charge is 0.383 e. The lowest BCUT2D eigenvalue weighted by molar-refractivity contribution is 0.315. The van der Waals surface area contributed by atoms with E-state index in [9.17, 15) is 4.21 Å². The average molecular weight is 478 g/mol. The molecule has 34 heavy (non-hydrogen) atoms. The molecule has 0 spiro atoms. The minimum atomic E-state index is -1.77. The smallest absolute Gasteiger partial charge is 0.153 e. The SMILES string of the molecule is Nc1ncnc2c1c(-c1ccc(NS(=O)c3cccc4nonc34)c(F)c1)cn2C1CCCC1. The molecular formula is C23H20FN7O2S.